The van der Waals surface area contributed by atoms with Gasteiger partial charge in [-0.15, -0.1) is 0 Å². The standard InChI is InChI=1S/C21H29N3O9/c25-18(26)6-4-16(20(29)30)23-8-10-33-11-9-24(17(21(31)32)5-7-19(27)28)13-15-3-1-2-14(12-23)22-15/h1-3,16-17H,4-13H2,(H,25,26)(H,27,28)(H,29,30)(H,31,32)/t16-,17-/m0/s1. The van der Waals surface area contributed by atoms with Gasteiger partial charge in [-0.1, -0.05) is 6.07 Å². The molecule has 2 heterocycles. The molecule has 0 aliphatic carbocycles. The predicted molar refractivity (Wildman–Crippen MR) is 112 cm³/mol. The van der Waals surface area contributed by atoms with Crippen LogP contribution in [0.3, 0.4) is 0 Å². The Balaban J connectivity index is 2.26. The number of rotatable bonds is 10. The molecule has 1 aliphatic heterocycles. The Kier molecular flexibility index (Phi) is 10.2. The van der Waals surface area contributed by atoms with E-state index >= 15 is 0 Å². The first kappa shape index (κ1) is 26.2. The number of aliphatic carboxylic acids is 4. The van der Waals surface area contributed by atoms with Gasteiger partial charge in [-0.2, -0.15) is 0 Å². The summed E-state index contributed by atoms with van der Waals surface area (Å²) < 4.78 is 5.62. The van der Waals surface area contributed by atoms with E-state index < -0.39 is 36.0 Å². The summed E-state index contributed by atoms with van der Waals surface area (Å²) >= 11 is 0. The van der Waals surface area contributed by atoms with E-state index in [1.165, 1.54) is 0 Å². The Morgan fingerprint density at radius 3 is 1.61 bits per heavy atom. The quantitative estimate of drug-likeness (QED) is 0.372. The van der Waals surface area contributed by atoms with Crippen LogP contribution in [0, 0.1) is 0 Å². The van der Waals surface area contributed by atoms with Crippen LogP contribution in [0.25, 0.3) is 0 Å². The highest BCUT2D eigenvalue weighted by atomic mass is 16.5. The minimum atomic E-state index is -1.13. The summed E-state index contributed by atoms with van der Waals surface area (Å²) in [6, 6.07) is 3.10. The Morgan fingerprint density at radius 1 is 0.818 bits per heavy atom. The van der Waals surface area contributed by atoms with Gasteiger partial charge in [-0.25, -0.2) is 0 Å². The zero-order chi connectivity index (χ0) is 24.4. The van der Waals surface area contributed by atoms with Crippen LogP contribution in [-0.2, 0) is 37.0 Å². The summed E-state index contributed by atoms with van der Waals surface area (Å²) in [5.41, 5.74) is 1.10. The maximum Gasteiger partial charge on any atom is 0.320 e. The second kappa shape index (κ2) is 12.8. The topological polar surface area (TPSA) is 178 Å². The monoisotopic (exact) mass is 467 g/mol. The van der Waals surface area contributed by atoms with Crippen molar-refractivity contribution in [3.8, 4) is 0 Å². The predicted octanol–water partition coefficient (Wildman–Crippen LogP) is 0.352. The first-order valence-electron chi connectivity index (χ1n) is 10.6. The lowest BCUT2D eigenvalue weighted by molar-refractivity contribution is -0.146. The number of carboxylic acid groups (broad SMARTS) is 4. The molecule has 1 aliphatic rings. The SMILES string of the molecule is O=C(O)CC[C@@H](C(=O)O)N1CCOCCN([C@@H](CCC(=O)O)C(=O)O)Cc2cccc(n2)C1. The number of pyridine rings is 1. The lowest BCUT2D eigenvalue weighted by atomic mass is 10.1. The normalized spacial score (nSPS) is 17.8. The molecule has 12 nitrogen and oxygen atoms in total. The number of carboxylic acids is 4. The van der Waals surface area contributed by atoms with E-state index in [4.69, 9.17) is 14.9 Å². The molecule has 0 amide bonds. The minimum absolute atomic E-state index is 0.0675. The number of hydrogen-bond acceptors (Lipinski definition) is 8. The van der Waals surface area contributed by atoms with Crippen LogP contribution < -0.4 is 0 Å². The maximum absolute atomic E-state index is 11.8. The summed E-state index contributed by atoms with van der Waals surface area (Å²) in [6.45, 7) is 1.02. The van der Waals surface area contributed by atoms with Gasteiger partial charge in [0.05, 0.1) is 24.6 Å². The van der Waals surface area contributed by atoms with E-state index in [0.717, 1.165) is 0 Å². The Hall–Kier alpha value is -3.09. The van der Waals surface area contributed by atoms with Crippen molar-refractivity contribution in [3.05, 3.63) is 29.6 Å². The zero-order valence-electron chi connectivity index (χ0n) is 18.1. The van der Waals surface area contributed by atoms with Crippen molar-refractivity contribution in [2.75, 3.05) is 26.3 Å². The molecule has 0 radical (unpaired) electrons. The molecule has 0 aromatic carbocycles. The van der Waals surface area contributed by atoms with Gasteiger partial charge in [0.25, 0.3) is 0 Å². The van der Waals surface area contributed by atoms with Crippen LogP contribution in [0.2, 0.25) is 0 Å². The highest BCUT2D eigenvalue weighted by Gasteiger charge is 2.29. The first-order chi connectivity index (χ1) is 15.7. The molecule has 0 unspecified atom stereocenters. The highest BCUT2D eigenvalue weighted by molar-refractivity contribution is 5.75. The summed E-state index contributed by atoms with van der Waals surface area (Å²) in [7, 11) is 0. The number of ether oxygens (including phenoxy) is 1. The molecule has 2 rings (SSSR count). The second-order valence-electron chi connectivity index (χ2n) is 7.75. The molecule has 0 saturated heterocycles. The van der Waals surface area contributed by atoms with Gasteiger partial charge >= 0.3 is 23.9 Å². The fourth-order valence-electron chi connectivity index (χ4n) is 3.72. The molecule has 33 heavy (non-hydrogen) atoms. The van der Waals surface area contributed by atoms with Gasteiger partial charge in [0.15, 0.2) is 0 Å². The molecule has 182 valence electrons. The number of fused-ring (bicyclic) bond motifs is 2. The van der Waals surface area contributed by atoms with Gasteiger partial charge in [0.1, 0.15) is 12.1 Å². The molecule has 12 heteroatoms. The fourth-order valence-corrected chi connectivity index (χ4v) is 3.72. The smallest absolute Gasteiger partial charge is 0.320 e. The van der Waals surface area contributed by atoms with E-state index in [-0.39, 0.29) is 65.1 Å². The lowest BCUT2D eigenvalue weighted by Crippen LogP contribution is -2.45. The molecule has 0 spiro atoms. The van der Waals surface area contributed by atoms with Crippen molar-refractivity contribution in [2.24, 2.45) is 0 Å². The van der Waals surface area contributed by atoms with Crippen molar-refractivity contribution in [3.63, 3.8) is 0 Å². The van der Waals surface area contributed by atoms with Crippen molar-refractivity contribution < 1.29 is 44.3 Å². The van der Waals surface area contributed by atoms with E-state index in [0.29, 0.717) is 11.4 Å². The van der Waals surface area contributed by atoms with Crippen LogP contribution in [0.1, 0.15) is 37.1 Å². The molecule has 2 bridgehead atoms. The van der Waals surface area contributed by atoms with Gasteiger partial charge in [0.2, 0.25) is 0 Å². The third-order valence-corrected chi connectivity index (χ3v) is 5.36. The number of nitrogens with zero attached hydrogens (tertiary/aromatic N) is 3. The van der Waals surface area contributed by atoms with Crippen LogP contribution >= 0.6 is 0 Å². The van der Waals surface area contributed by atoms with Gasteiger partial charge in [0, 0.05) is 39.0 Å². The zero-order valence-corrected chi connectivity index (χ0v) is 18.1. The summed E-state index contributed by atoms with van der Waals surface area (Å²) in [5, 5.41) is 37.2. The van der Waals surface area contributed by atoms with Gasteiger partial charge < -0.3 is 25.2 Å². The average Bonchev–Trinajstić information content (AvgIpc) is 2.71. The molecular formula is C21H29N3O9. The van der Waals surface area contributed by atoms with Crippen molar-refractivity contribution in [1.29, 1.82) is 0 Å². The Bertz CT molecular complexity index is 785. The minimum Gasteiger partial charge on any atom is -0.481 e. The van der Waals surface area contributed by atoms with E-state index in [1.807, 2.05) is 0 Å². The molecule has 0 saturated carbocycles. The van der Waals surface area contributed by atoms with Crippen molar-refractivity contribution in [1.82, 2.24) is 14.8 Å². The Morgan fingerprint density at radius 2 is 1.24 bits per heavy atom. The van der Waals surface area contributed by atoms with E-state index in [2.05, 4.69) is 4.98 Å². The maximum atomic E-state index is 11.8. The molecule has 4 N–H and O–H groups in total. The summed E-state index contributed by atoms with van der Waals surface area (Å²) in [5.74, 6) is -4.42. The molecule has 1 aromatic heterocycles. The summed E-state index contributed by atoms with van der Waals surface area (Å²) in [6.07, 6.45) is -0.711. The number of hydrogen-bond donors (Lipinski definition) is 4. The highest BCUT2D eigenvalue weighted by Crippen LogP contribution is 2.16. The average molecular weight is 467 g/mol. The lowest BCUT2D eigenvalue weighted by Gasteiger charge is -2.31. The van der Waals surface area contributed by atoms with Gasteiger partial charge in [-0.3, -0.25) is 34.0 Å². The van der Waals surface area contributed by atoms with Crippen LogP contribution in [-0.4, -0.2) is 97.5 Å². The largest absolute Gasteiger partial charge is 0.481 e. The first-order valence-corrected chi connectivity index (χ1v) is 10.6. The second-order valence-corrected chi connectivity index (χ2v) is 7.75. The third kappa shape index (κ3) is 8.75. The molecule has 0 fully saturated rings. The molecule has 2 atom stereocenters. The van der Waals surface area contributed by atoms with E-state index in [1.54, 1.807) is 28.0 Å². The van der Waals surface area contributed by atoms with Crippen LogP contribution in [0.5, 0.6) is 0 Å². The van der Waals surface area contributed by atoms with Crippen molar-refractivity contribution in [2.45, 2.75) is 50.9 Å². The molecule has 1 aromatic rings. The van der Waals surface area contributed by atoms with Crippen molar-refractivity contribution >= 4 is 23.9 Å². The third-order valence-electron chi connectivity index (χ3n) is 5.36. The molecular weight excluding hydrogens is 438 g/mol. The van der Waals surface area contributed by atoms with Gasteiger partial charge in [-0.05, 0) is 25.0 Å². The Labute approximate surface area is 190 Å². The number of carbonyl (C=O) groups is 4. The number of aromatic nitrogens is 1. The fraction of sp³-hybridized carbons (Fsp3) is 0.571. The van der Waals surface area contributed by atoms with E-state index in [9.17, 15) is 29.4 Å². The summed E-state index contributed by atoms with van der Waals surface area (Å²) in [4.78, 5) is 53.3. The van der Waals surface area contributed by atoms with Crippen LogP contribution in [0.4, 0.5) is 0 Å². The van der Waals surface area contributed by atoms with Crippen LogP contribution in [0.15, 0.2) is 18.2 Å².